The van der Waals surface area contributed by atoms with Crippen LogP contribution in [0.1, 0.15) is 32.1 Å². The lowest BCUT2D eigenvalue weighted by molar-refractivity contribution is 0.489. The standard InChI is InChI=1S/C19H23N7/c1-14(2)26-18(8-5-10-25-13-20-12-21-25)22-19(23-26)16-6-4-7-17-15(16)9-11-24(17)3/h4,6-7,9,11-14H,5,8,10H2,1-3H3. The fourth-order valence-corrected chi connectivity index (χ4v) is 3.30. The Morgan fingerprint density at radius 2 is 2.04 bits per heavy atom. The molecule has 0 amide bonds. The van der Waals surface area contributed by atoms with Crippen LogP contribution in [0.4, 0.5) is 0 Å². The van der Waals surface area contributed by atoms with Crippen LogP contribution in [0.5, 0.6) is 0 Å². The van der Waals surface area contributed by atoms with Crippen LogP contribution in [0, 0.1) is 0 Å². The normalized spacial score (nSPS) is 11.7. The van der Waals surface area contributed by atoms with Gasteiger partial charge in [-0.15, -0.1) is 0 Å². The Hall–Kier alpha value is -2.96. The summed E-state index contributed by atoms with van der Waals surface area (Å²) in [6.07, 6.45) is 7.19. The largest absolute Gasteiger partial charge is 0.351 e. The van der Waals surface area contributed by atoms with Gasteiger partial charge >= 0.3 is 0 Å². The van der Waals surface area contributed by atoms with Crippen LogP contribution in [0.15, 0.2) is 43.1 Å². The van der Waals surface area contributed by atoms with E-state index in [-0.39, 0.29) is 6.04 Å². The molecule has 0 saturated heterocycles. The van der Waals surface area contributed by atoms with Gasteiger partial charge in [0, 0.05) is 48.7 Å². The molecule has 0 fully saturated rings. The maximum Gasteiger partial charge on any atom is 0.182 e. The first-order chi connectivity index (χ1) is 12.6. The predicted octanol–water partition coefficient (Wildman–Crippen LogP) is 3.24. The van der Waals surface area contributed by atoms with Crippen LogP contribution >= 0.6 is 0 Å². The molecular weight excluding hydrogens is 326 g/mol. The third-order valence-corrected chi connectivity index (χ3v) is 4.61. The van der Waals surface area contributed by atoms with Gasteiger partial charge in [0.05, 0.1) is 0 Å². The maximum absolute atomic E-state index is 4.88. The highest BCUT2D eigenvalue weighted by molar-refractivity contribution is 5.93. The molecule has 3 heterocycles. The Kier molecular flexibility index (Phi) is 4.28. The Bertz CT molecular complexity index is 1010. The van der Waals surface area contributed by atoms with E-state index in [2.05, 4.69) is 66.0 Å². The first-order valence-electron chi connectivity index (χ1n) is 8.95. The molecule has 7 heteroatoms. The highest BCUT2D eigenvalue weighted by Crippen LogP contribution is 2.28. The van der Waals surface area contributed by atoms with Crippen molar-refractivity contribution in [1.29, 1.82) is 0 Å². The van der Waals surface area contributed by atoms with E-state index >= 15 is 0 Å². The van der Waals surface area contributed by atoms with Gasteiger partial charge in [0.2, 0.25) is 0 Å². The van der Waals surface area contributed by atoms with Crippen molar-refractivity contribution < 1.29 is 0 Å². The van der Waals surface area contributed by atoms with Gasteiger partial charge < -0.3 is 4.57 Å². The number of rotatable bonds is 6. The van der Waals surface area contributed by atoms with Gasteiger partial charge in [-0.2, -0.15) is 10.2 Å². The van der Waals surface area contributed by atoms with E-state index in [1.165, 1.54) is 10.9 Å². The Balaban J connectivity index is 1.64. The zero-order chi connectivity index (χ0) is 18.1. The summed E-state index contributed by atoms with van der Waals surface area (Å²) in [7, 11) is 2.06. The SMILES string of the molecule is CC(C)n1nc(-c2cccc3c2ccn3C)nc1CCCn1cncn1. The molecule has 7 nitrogen and oxygen atoms in total. The summed E-state index contributed by atoms with van der Waals surface area (Å²) in [4.78, 5) is 8.86. The molecular formula is C19H23N7. The van der Waals surface area contributed by atoms with Crippen molar-refractivity contribution in [3.05, 3.63) is 48.9 Å². The van der Waals surface area contributed by atoms with E-state index in [1.807, 2.05) is 9.36 Å². The summed E-state index contributed by atoms with van der Waals surface area (Å²) in [5.41, 5.74) is 2.27. The molecule has 0 radical (unpaired) electrons. The Labute approximate surface area is 152 Å². The summed E-state index contributed by atoms with van der Waals surface area (Å²) in [5.74, 6) is 1.81. The van der Waals surface area contributed by atoms with Gasteiger partial charge in [-0.3, -0.25) is 4.68 Å². The van der Waals surface area contributed by atoms with Crippen molar-refractivity contribution in [1.82, 2.24) is 34.1 Å². The van der Waals surface area contributed by atoms with E-state index in [4.69, 9.17) is 10.1 Å². The number of nitrogens with zero attached hydrogens (tertiary/aromatic N) is 7. The van der Waals surface area contributed by atoms with Gasteiger partial charge in [0.25, 0.3) is 0 Å². The minimum atomic E-state index is 0.271. The topological polar surface area (TPSA) is 66.3 Å². The summed E-state index contributed by atoms with van der Waals surface area (Å²) < 4.78 is 6.01. The highest BCUT2D eigenvalue weighted by Gasteiger charge is 2.16. The van der Waals surface area contributed by atoms with E-state index < -0.39 is 0 Å². The van der Waals surface area contributed by atoms with Gasteiger partial charge in [-0.25, -0.2) is 14.6 Å². The van der Waals surface area contributed by atoms with E-state index in [0.717, 1.165) is 36.6 Å². The van der Waals surface area contributed by atoms with Gasteiger partial charge in [0.1, 0.15) is 18.5 Å². The average molecular weight is 349 g/mol. The zero-order valence-electron chi connectivity index (χ0n) is 15.4. The van der Waals surface area contributed by atoms with Crippen molar-refractivity contribution in [2.45, 2.75) is 39.3 Å². The third kappa shape index (κ3) is 3.00. The number of fused-ring (bicyclic) bond motifs is 1. The lowest BCUT2D eigenvalue weighted by atomic mass is 10.1. The van der Waals surface area contributed by atoms with Crippen molar-refractivity contribution in [3.63, 3.8) is 0 Å². The highest BCUT2D eigenvalue weighted by atomic mass is 15.4. The van der Waals surface area contributed by atoms with Gasteiger partial charge in [-0.1, -0.05) is 12.1 Å². The molecule has 3 aromatic heterocycles. The molecule has 0 spiro atoms. The second-order valence-corrected chi connectivity index (χ2v) is 6.82. The summed E-state index contributed by atoms with van der Waals surface area (Å²) in [5, 5.41) is 10.2. The third-order valence-electron chi connectivity index (χ3n) is 4.61. The van der Waals surface area contributed by atoms with Crippen molar-refractivity contribution in [3.8, 4) is 11.4 Å². The fraction of sp³-hybridized carbons (Fsp3) is 0.368. The monoisotopic (exact) mass is 349 g/mol. The lowest BCUT2D eigenvalue weighted by Crippen LogP contribution is -2.09. The van der Waals surface area contributed by atoms with E-state index in [1.54, 1.807) is 12.7 Å². The second-order valence-electron chi connectivity index (χ2n) is 6.82. The van der Waals surface area contributed by atoms with Crippen molar-refractivity contribution >= 4 is 10.9 Å². The molecule has 0 aliphatic rings. The summed E-state index contributed by atoms with van der Waals surface area (Å²) in [6, 6.07) is 8.69. The van der Waals surface area contributed by atoms with Crippen molar-refractivity contribution in [2.75, 3.05) is 0 Å². The van der Waals surface area contributed by atoms with Crippen LogP contribution in [0.3, 0.4) is 0 Å². The number of hydrogen-bond acceptors (Lipinski definition) is 4. The van der Waals surface area contributed by atoms with E-state index in [9.17, 15) is 0 Å². The number of aryl methyl sites for hydroxylation is 3. The smallest absolute Gasteiger partial charge is 0.182 e. The summed E-state index contributed by atoms with van der Waals surface area (Å²) >= 11 is 0. The molecule has 0 N–H and O–H groups in total. The number of hydrogen-bond donors (Lipinski definition) is 0. The van der Waals surface area contributed by atoms with Crippen LogP contribution in [-0.2, 0) is 20.0 Å². The molecule has 0 bridgehead atoms. The molecule has 0 atom stereocenters. The van der Waals surface area contributed by atoms with Crippen LogP contribution < -0.4 is 0 Å². The second kappa shape index (κ2) is 6.74. The first-order valence-corrected chi connectivity index (χ1v) is 8.95. The first kappa shape index (κ1) is 16.5. The predicted molar refractivity (Wildman–Crippen MR) is 101 cm³/mol. The van der Waals surface area contributed by atoms with Crippen LogP contribution in [0.2, 0.25) is 0 Å². The molecule has 26 heavy (non-hydrogen) atoms. The molecule has 134 valence electrons. The lowest BCUT2D eigenvalue weighted by Gasteiger charge is -2.08. The van der Waals surface area contributed by atoms with Crippen molar-refractivity contribution in [2.24, 2.45) is 7.05 Å². The number of benzene rings is 1. The maximum atomic E-state index is 4.88. The quantitative estimate of drug-likeness (QED) is 0.536. The van der Waals surface area contributed by atoms with Crippen LogP contribution in [-0.4, -0.2) is 34.1 Å². The fourth-order valence-electron chi connectivity index (χ4n) is 3.30. The molecule has 4 rings (SSSR count). The Morgan fingerprint density at radius 1 is 1.15 bits per heavy atom. The van der Waals surface area contributed by atoms with E-state index in [0.29, 0.717) is 0 Å². The minimum absolute atomic E-state index is 0.271. The average Bonchev–Trinajstić information content (AvgIpc) is 3.35. The zero-order valence-corrected chi connectivity index (χ0v) is 15.4. The minimum Gasteiger partial charge on any atom is -0.351 e. The molecule has 0 saturated carbocycles. The molecule has 4 aromatic rings. The molecule has 0 aliphatic carbocycles. The Morgan fingerprint density at radius 3 is 2.81 bits per heavy atom. The van der Waals surface area contributed by atoms with Crippen LogP contribution in [0.25, 0.3) is 22.3 Å². The molecule has 0 unspecified atom stereocenters. The molecule has 0 aliphatic heterocycles. The van der Waals surface area contributed by atoms with Gasteiger partial charge in [-0.05, 0) is 32.4 Å². The molecule has 1 aromatic carbocycles. The summed E-state index contributed by atoms with van der Waals surface area (Å²) in [6.45, 7) is 5.11. The van der Waals surface area contributed by atoms with Gasteiger partial charge in [0.15, 0.2) is 5.82 Å². The number of aromatic nitrogens is 7.